The van der Waals surface area contributed by atoms with Crippen LogP contribution in [0.2, 0.25) is 0 Å². The first-order valence-electron chi connectivity index (χ1n) is 9.68. The van der Waals surface area contributed by atoms with Crippen molar-refractivity contribution in [1.29, 1.82) is 0 Å². The minimum Gasteiger partial charge on any atom is -0.340 e. The van der Waals surface area contributed by atoms with Crippen LogP contribution in [0, 0.1) is 35.2 Å². The Morgan fingerprint density at radius 3 is 2.32 bits per heavy atom. The van der Waals surface area contributed by atoms with Gasteiger partial charge in [-0.2, -0.15) is 4.31 Å². The molecule has 0 N–H and O–H groups in total. The fourth-order valence-corrected chi connectivity index (χ4v) is 6.48. The molecule has 2 bridgehead atoms. The molecule has 2 saturated carbocycles. The lowest BCUT2D eigenvalue weighted by Crippen LogP contribution is -2.51. The lowest BCUT2D eigenvalue weighted by atomic mass is 9.86. The summed E-state index contributed by atoms with van der Waals surface area (Å²) in [7, 11) is -4.30. The monoisotopic (exact) mass is 416 g/mol. The normalized spacial score (nSPS) is 28.1. The Kier molecular flexibility index (Phi) is 5.16. The van der Waals surface area contributed by atoms with Gasteiger partial charge in [0.1, 0.15) is 4.90 Å². The first kappa shape index (κ1) is 19.7. The van der Waals surface area contributed by atoms with Gasteiger partial charge in [-0.05, 0) is 49.1 Å². The fourth-order valence-electron chi connectivity index (χ4n) is 5.00. The van der Waals surface area contributed by atoms with Crippen LogP contribution in [-0.2, 0) is 14.8 Å². The minimum atomic E-state index is -4.30. The molecule has 154 valence electrons. The van der Waals surface area contributed by atoms with Crippen LogP contribution >= 0.6 is 0 Å². The van der Waals surface area contributed by atoms with Crippen LogP contribution in [-0.4, -0.2) is 49.7 Å². The van der Waals surface area contributed by atoms with E-state index in [1.54, 1.807) is 4.90 Å². The van der Waals surface area contributed by atoms with Gasteiger partial charge in [-0.15, -0.1) is 0 Å². The molecule has 4 rings (SSSR count). The predicted molar refractivity (Wildman–Crippen MR) is 95.2 cm³/mol. The van der Waals surface area contributed by atoms with Gasteiger partial charge < -0.3 is 4.90 Å². The second kappa shape index (κ2) is 7.33. The molecule has 9 heteroatoms. The van der Waals surface area contributed by atoms with Gasteiger partial charge in [0.2, 0.25) is 15.9 Å². The Labute approximate surface area is 162 Å². The van der Waals surface area contributed by atoms with Crippen molar-refractivity contribution < 1.29 is 26.4 Å². The Morgan fingerprint density at radius 2 is 1.71 bits per heavy atom. The standard InChI is InChI=1S/C19H23F3N2O3S/c20-15-3-4-16(19(22)18(15)21)28(26,27)24-7-5-23(6-8-24)17(25)11-14-10-12-1-2-13(14)9-12/h3-4,12-14H,1-2,5-11H2. The summed E-state index contributed by atoms with van der Waals surface area (Å²) in [4.78, 5) is 13.4. The van der Waals surface area contributed by atoms with E-state index in [2.05, 4.69) is 0 Å². The van der Waals surface area contributed by atoms with Gasteiger partial charge in [0.05, 0.1) is 0 Å². The number of carbonyl (C=O) groups excluding carboxylic acids is 1. The number of fused-ring (bicyclic) bond motifs is 2. The average Bonchev–Trinajstić information content (AvgIpc) is 3.29. The highest BCUT2D eigenvalue weighted by molar-refractivity contribution is 7.89. The van der Waals surface area contributed by atoms with E-state index in [4.69, 9.17) is 0 Å². The lowest BCUT2D eigenvalue weighted by Gasteiger charge is -2.35. The molecular formula is C19H23F3N2O3S. The van der Waals surface area contributed by atoms with Crippen molar-refractivity contribution >= 4 is 15.9 Å². The van der Waals surface area contributed by atoms with E-state index in [9.17, 15) is 26.4 Å². The van der Waals surface area contributed by atoms with Crippen molar-refractivity contribution in [3.05, 3.63) is 29.6 Å². The number of nitrogens with zero attached hydrogens (tertiary/aromatic N) is 2. The number of amides is 1. The molecular weight excluding hydrogens is 393 g/mol. The molecule has 0 aromatic heterocycles. The first-order valence-corrected chi connectivity index (χ1v) is 11.1. The Hall–Kier alpha value is -1.61. The van der Waals surface area contributed by atoms with Crippen molar-refractivity contribution in [3.63, 3.8) is 0 Å². The number of halogens is 3. The molecule has 3 atom stereocenters. The van der Waals surface area contributed by atoms with E-state index in [-0.39, 0.29) is 32.1 Å². The number of rotatable bonds is 4. The van der Waals surface area contributed by atoms with Crippen LogP contribution in [0.4, 0.5) is 13.2 Å². The Balaban J connectivity index is 1.38. The number of hydrogen-bond donors (Lipinski definition) is 0. The summed E-state index contributed by atoms with van der Waals surface area (Å²) in [5, 5.41) is 0. The van der Waals surface area contributed by atoms with Gasteiger partial charge >= 0.3 is 0 Å². The average molecular weight is 416 g/mol. The van der Waals surface area contributed by atoms with Gasteiger partial charge in [0.15, 0.2) is 17.5 Å². The van der Waals surface area contributed by atoms with Crippen LogP contribution in [0.3, 0.4) is 0 Å². The van der Waals surface area contributed by atoms with Gasteiger partial charge in [0.25, 0.3) is 0 Å². The molecule has 2 aliphatic carbocycles. The van der Waals surface area contributed by atoms with E-state index < -0.39 is 32.4 Å². The zero-order chi connectivity index (χ0) is 20.1. The summed E-state index contributed by atoms with van der Waals surface area (Å²) in [5.41, 5.74) is 0. The quantitative estimate of drug-likeness (QED) is 0.710. The van der Waals surface area contributed by atoms with Crippen LogP contribution < -0.4 is 0 Å². The fraction of sp³-hybridized carbons (Fsp3) is 0.632. The molecule has 1 heterocycles. The number of benzene rings is 1. The van der Waals surface area contributed by atoms with E-state index in [1.807, 2.05) is 0 Å². The van der Waals surface area contributed by atoms with Gasteiger partial charge in [-0.1, -0.05) is 6.42 Å². The molecule has 28 heavy (non-hydrogen) atoms. The number of carbonyl (C=O) groups is 1. The third-order valence-electron chi connectivity index (χ3n) is 6.53. The molecule has 3 unspecified atom stereocenters. The van der Waals surface area contributed by atoms with Gasteiger partial charge in [-0.3, -0.25) is 4.79 Å². The summed E-state index contributed by atoms with van der Waals surface area (Å²) in [6.07, 6.45) is 5.32. The molecule has 1 aliphatic heterocycles. The van der Waals surface area contributed by atoms with Crippen molar-refractivity contribution in [2.24, 2.45) is 17.8 Å². The van der Waals surface area contributed by atoms with Crippen molar-refractivity contribution in [3.8, 4) is 0 Å². The molecule has 1 amide bonds. The zero-order valence-corrected chi connectivity index (χ0v) is 16.2. The molecule has 1 saturated heterocycles. The number of hydrogen-bond acceptors (Lipinski definition) is 3. The van der Waals surface area contributed by atoms with Crippen LogP contribution in [0.5, 0.6) is 0 Å². The van der Waals surface area contributed by atoms with E-state index >= 15 is 0 Å². The number of piperazine rings is 1. The Morgan fingerprint density at radius 1 is 1.00 bits per heavy atom. The molecule has 3 fully saturated rings. The molecule has 5 nitrogen and oxygen atoms in total. The van der Waals surface area contributed by atoms with Crippen molar-refractivity contribution in [2.45, 2.75) is 37.0 Å². The lowest BCUT2D eigenvalue weighted by molar-refractivity contribution is -0.133. The van der Waals surface area contributed by atoms with Crippen LogP contribution in [0.25, 0.3) is 0 Å². The third-order valence-corrected chi connectivity index (χ3v) is 8.45. The predicted octanol–water partition coefficient (Wildman–Crippen LogP) is 2.76. The highest BCUT2D eigenvalue weighted by Crippen LogP contribution is 2.49. The zero-order valence-electron chi connectivity index (χ0n) is 15.4. The van der Waals surface area contributed by atoms with Gasteiger partial charge in [0, 0.05) is 32.6 Å². The summed E-state index contributed by atoms with van der Waals surface area (Å²) in [5.74, 6) is -3.08. The van der Waals surface area contributed by atoms with Crippen molar-refractivity contribution in [2.75, 3.05) is 26.2 Å². The Bertz CT molecular complexity index is 885. The van der Waals surface area contributed by atoms with Crippen molar-refractivity contribution in [1.82, 2.24) is 9.21 Å². The van der Waals surface area contributed by atoms with E-state index in [0.29, 0.717) is 24.3 Å². The largest absolute Gasteiger partial charge is 0.340 e. The number of sulfonamides is 1. The maximum atomic E-state index is 13.9. The summed E-state index contributed by atoms with van der Waals surface area (Å²) < 4.78 is 66.7. The molecule has 0 spiro atoms. The minimum absolute atomic E-state index is 0.00320. The summed E-state index contributed by atoms with van der Waals surface area (Å²) in [6.45, 7) is 0.431. The molecule has 0 radical (unpaired) electrons. The van der Waals surface area contributed by atoms with E-state index in [0.717, 1.165) is 22.7 Å². The molecule has 1 aromatic carbocycles. The summed E-state index contributed by atoms with van der Waals surface area (Å²) >= 11 is 0. The highest BCUT2D eigenvalue weighted by atomic mass is 32.2. The topological polar surface area (TPSA) is 57.7 Å². The SMILES string of the molecule is O=C(CC1CC2CCC1C2)N1CCN(S(=O)(=O)c2ccc(F)c(F)c2F)CC1. The second-order valence-electron chi connectivity index (χ2n) is 8.10. The molecule has 1 aromatic rings. The summed E-state index contributed by atoms with van der Waals surface area (Å²) in [6, 6.07) is 1.33. The second-order valence-corrected chi connectivity index (χ2v) is 10.0. The third kappa shape index (κ3) is 3.43. The van der Waals surface area contributed by atoms with Gasteiger partial charge in [-0.25, -0.2) is 21.6 Å². The van der Waals surface area contributed by atoms with E-state index in [1.165, 1.54) is 19.3 Å². The highest BCUT2D eigenvalue weighted by Gasteiger charge is 2.41. The maximum Gasteiger partial charge on any atom is 0.246 e. The van der Waals surface area contributed by atoms with Crippen LogP contribution in [0.1, 0.15) is 32.1 Å². The smallest absolute Gasteiger partial charge is 0.246 e. The maximum absolute atomic E-state index is 13.9. The molecule has 3 aliphatic rings. The van der Waals surface area contributed by atoms with Crippen LogP contribution in [0.15, 0.2) is 17.0 Å². The first-order chi connectivity index (χ1) is 13.3.